The molecular formula is C33H26ClN3O4S. The second kappa shape index (κ2) is 11.3. The standard InChI is InChI=1S/C33H26ClN3O4S/c1-19-7-4-5-10-26(19)36-31(38)29-20(2)35-33-37(30(29)21-11-13-24(40-3)14-12-21)32(39)28(42-33)18-25-15-16-27(41-25)22-8-6-9-23(34)17-22/h4-18,30H,1-3H3,(H,36,38)/b28-18+. The van der Waals surface area contributed by atoms with Crippen LogP contribution in [0.3, 0.4) is 0 Å². The number of aromatic nitrogens is 1. The third-order valence-electron chi connectivity index (χ3n) is 7.10. The SMILES string of the molecule is COc1ccc(C2C(C(=O)Nc3ccccc3C)=C(C)N=c3s/c(=C/c4ccc(-c5cccc(Cl)c5)o4)c(=O)n32)cc1. The molecule has 5 aromatic rings. The number of furan rings is 1. The van der Waals surface area contributed by atoms with Crippen LogP contribution in [0.15, 0.2) is 110 Å². The van der Waals surface area contributed by atoms with Gasteiger partial charge < -0.3 is 14.5 Å². The van der Waals surface area contributed by atoms with Crippen molar-refractivity contribution in [3.8, 4) is 17.1 Å². The number of fused-ring (bicyclic) bond motifs is 1. The molecule has 0 bridgehead atoms. The first-order chi connectivity index (χ1) is 20.3. The molecule has 9 heteroatoms. The lowest BCUT2D eigenvalue weighted by Gasteiger charge is -2.25. The van der Waals surface area contributed by atoms with E-state index in [-0.39, 0.29) is 11.5 Å². The van der Waals surface area contributed by atoms with Crippen LogP contribution in [0.4, 0.5) is 5.69 Å². The molecule has 1 unspecified atom stereocenters. The fourth-order valence-electron chi connectivity index (χ4n) is 4.97. The lowest BCUT2D eigenvalue weighted by molar-refractivity contribution is -0.113. The molecular weight excluding hydrogens is 570 g/mol. The molecule has 0 aliphatic carbocycles. The quantitative estimate of drug-likeness (QED) is 0.257. The summed E-state index contributed by atoms with van der Waals surface area (Å²) in [6.07, 6.45) is 1.70. The number of methoxy groups -OCH3 is 1. The maximum absolute atomic E-state index is 14.0. The van der Waals surface area contributed by atoms with Crippen molar-refractivity contribution in [2.75, 3.05) is 12.4 Å². The Morgan fingerprint density at radius 3 is 2.57 bits per heavy atom. The van der Waals surface area contributed by atoms with Gasteiger partial charge in [0.15, 0.2) is 4.80 Å². The molecule has 0 saturated heterocycles. The molecule has 2 aromatic heterocycles. The highest BCUT2D eigenvalue weighted by Gasteiger charge is 2.32. The number of amides is 1. The molecule has 6 rings (SSSR count). The average molecular weight is 596 g/mol. The van der Waals surface area contributed by atoms with Crippen molar-refractivity contribution < 1.29 is 13.9 Å². The van der Waals surface area contributed by atoms with Crippen molar-refractivity contribution in [3.05, 3.63) is 138 Å². The number of anilines is 1. The highest BCUT2D eigenvalue weighted by molar-refractivity contribution is 7.07. The summed E-state index contributed by atoms with van der Waals surface area (Å²) in [5.74, 6) is 1.51. The molecule has 7 nitrogen and oxygen atoms in total. The number of halogens is 1. The van der Waals surface area contributed by atoms with E-state index >= 15 is 0 Å². The van der Waals surface area contributed by atoms with E-state index in [4.69, 9.17) is 25.7 Å². The monoisotopic (exact) mass is 595 g/mol. The van der Waals surface area contributed by atoms with Gasteiger partial charge in [0, 0.05) is 22.3 Å². The minimum atomic E-state index is -0.697. The van der Waals surface area contributed by atoms with Crippen molar-refractivity contribution in [1.29, 1.82) is 0 Å². The number of carbonyl (C=O) groups is 1. The normalized spacial score (nSPS) is 14.9. The highest BCUT2D eigenvalue weighted by Crippen LogP contribution is 2.32. The van der Waals surface area contributed by atoms with Crippen LogP contribution in [-0.4, -0.2) is 17.6 Å². The number of carbonyl (C=O) groups excluding carboxylic acids is 1. The summed E-state index contributed by atoms with van der Waals surface area (Å²) in [4.78, 5) is 33.0. The number of benzene rings is 3. The molecule has 42 heavy (non-hydrogen) atoms. The molecule has 1 atom stereocenters. The van der Waals surface area contributed by atoms with E-state index in [2.05, 4.69) is 5.32 Å². The number of hydrogen-bond donors (Lipinski definition) is 1. The van der Waals surface area contributed by atoms with E-state index in [1.54, 1.807) is 30.7 Å². The molecule has 210 valence electrons. The smallest absolute Gasteiger partial charge is 0.271 e. The molecule has 0 saturated carbocycles. The number of rotatable bonds is 6. The zero-order valence-corrected chi connectivity index (χ0v) is 24.6. The van der Waals surface area contributed by atoms with Gasteiger partial charge in [-0.1, -0.05) is 65.4 Å². The number of ether oxygens (including phenoxy) is 1. The van der Waals surface area contributed by atoms with Crippen LogP contribution in [0.2, 0.25) is 5.02 Å². The average Bonchev–Trinajstić information content (AvgIpc) is 3.58. The lowest BCUT2D eigenvalue weighted by atomic mass is 9.95. The lowest BCUT2D eigenvalue weighted by Crippen LogP contribution is -2.40. The van der Waals surface area contributed by atoms with Crippen molar-refractivity contribution in [1.82, 2.24) is 4.57 Å². The molecule has 0 radical (unpaired) electrons. The summed E-state index contributed by atoms with van der Waals surface area (Å²) in [6.45, 7) is 3.73. The Balaban J connectivity index is 1.45. The largest absolute Gasteiger partial charge is 0.497 e. The van der Waals surface area contributed by atoms with Gasteiger partial charge >= 0.3 is 0 Å². The summed E-state index contributed by atoms with van der Waals surface area (Å²) >= 11 is 7.40. The predicted octanol–water partition coefficient (Wildman–Crippen LogP) is 6.10. The Hall–Kier alpha value is -4.66. The molecule has 0 spiro atoms. The fourth-order valence-corrected chi connectivity index (χ4v) is 6.19. The Labute approximate surface area is 250 Å². The van der Waals surface area contributed by atoms with E-state index in [9.17, 15) is 9.59 Å². The Bertz CT molecular complexity index is 2040. The van der Waals surface area contributed by atoms with Crippen LogP contribution in [0.5, 0.6) is 5.75 Å². The molecule has 1 N–H and O–H groups in total. The molecule has 3 heterocycles. The van der Waals surface area contributed by atoms with Gasteiger partial charge in [-0.25, -0.2) is 4.99 Å². The van der Waals surface area contributed by atoms with Gasteiger partial charge in [0.05, 0.1) is 29.0 Å². The molecule has 1 aliphatic rings. The maximum atomic E-state index is 14.0. The summed E-state index contributed by atoms with van der Waals surface area (Å²) < 4.78 is 13.4. The highest BCUT2D eigenvalue weighted by atomic mass is 35.5. The number of nitrogens with zero attached hydrogens (tertiary/aromatic N) is 2. The molecule has 3 aromatic carbocycles. The second-order valence-electron chi connectivity index (χ2n) is 9.84. The molecule has 1 aliphatic heterocycles. The van der Waals surface area contributed by atoms with E-state index in [0.717, 1.165) is 16.7 Å². The minimum Gasteiger partial charge on any atom is -0.497 e. The van der Waals surface area contributed by atoms with Crippen LogP contribution in [-0.2, 0) is 4.79 Å². The van der Waals surface area contributed by atoms with Crippen LogP contribution in [0.1, 0.15) is 29.9 Å². The van der Waals surface area contributed by atoms with Crippen molar-refractivity contribution >= 4 is 40.6 Å². The number of para-hydroxylation sites is 1. The zero-order chi connectivity index (χ0) is 29.4. The number of hydrogen-bond acceptors (Lipinski definition) is 6. The van der Waals surface area contributed by atoms with Crippen molar-refractivity contribution in [3.63, 3.8) is 0 Å². The summed E-state index contributed by atoms with van der Waals surface area (Å²) in [5, 5.41) is 3.63. The molecule has 1 amide bonds. The Kier molecular flexibility index (Phi) is 7.41. The Morgan fingerprint density at radius 2 is 1.83 bits per heavy atom. The summed E-state index contributed by atoms with van der Waals surface area (Å²) in [7, 11) is 1.59. The molecule has 0 fully saturated rings. The van der Waals surface area contributed by atoms with E-state index < -0.39 is 6.04 Å². The van der Waals surface area contributed by atoms with Crippen molar-refractivity contribution in [2.24, 2.45) is 4.99 Å². The number of nitrogens with one attached hydrogen (secondary N) is 1. The summed E-state index contributed by atoms with van der Waals surface area (Å²) in [6, 6.07) is 25.3. The third-order valence-corrected chi connectivity index (χ3v) is 8.32. The van der Waals surface area contributed by atoms with E-state index in [1.807, 2.05) is 85.8 Å². The number of thiazole rings is 1. The minimum absolute atomic E-state index is 0.269. The topological polar surface area (TPSA) is 85.8 Å². The van der Waals surface area contributed by atoms with Gasteiger partial charge in [-0.3, -0.25) is 14.2 Å². The summed E-state index contributed by atoms with van der Waals surface area (Å²) in [5.41, 5.74) is 3.88. The van der Waals surface area contributed by atoms with Crippen LogP contribution < -0.4 is 24.9 Å². The van der Waals surface area contributed by atoms with Gasteiger partial charge in [-0.05, 0) is 67.4 Å². The number of aryl methyl sites for hydroxylation is 1. The zero-order valence-electron chi connectivity index (χ0n) is 23.1. The maximum Gasteiger partial charge on any atom is 0.271 e. The number of allylic oxidation sites excluding steroid dienone is 1. The van der Waals surface area contributed by atoms with E-state index in [1.165, 1.54) is 11.3 Å². The van der Waals surface area contributed by atoms with Gasteiger partial charge in [0.2, 0.25) is 0 Å². The third kappa shape index (κ3) is 5.22. The van der Waals surface area contributed by atoms with Gasteiger partial charge in [-0.15, -0.1) is 0 Å². The van der Waals surface area contributed by atoms with Crippen LogP contribution in [0, 0.1) is 6.92 Å². The Morgan fingerprint density at radius 1 is 1.05 bits per heavy atom. The van der Waals surface area contributed by atoms with E-state index in [0.29, 0.717) is 48.6 Å². The van der Waals surface area contributed by atoms with Crippen LogP contribution >= 0.6 is 22.9 Å². The van der Waals surface area contributed by atoms with Gasteiger partial charge in [-0.2, -0.15) is 0 Å². The van der Waals surface area contributed by atoms with Gasteiger partial charge in [0.25, 0.3) is 11.5 Å². The first-order valence-electron chi connectivity index (χ1n) is 13.2. The predicted molar refractivity (Wildman–Crippen MR) is 166 cm³/mol. The van der Waals surface area contributed by atoms with Crippen LogP contribution in [0.25, 0.3) is 17.4 Å². The van der Waals surface area contributed by atoms with Crippen molar-refractivity contribution in [2.45, 2.75) is 19.9 Å². The fraction of sp³-hybridized carbons (Fsp3) is 0.121. The first kappa shape index (κ1) is 27.5. The second-order valence-corrected chi connectivity index (χ2v) is 11.3. The first-order valence-corrected chi connectivity index (χ1v) is 14.4. The van der Waals surface area contributed by atoms with Gasteiger partial charge in [0.1, 0.15) is 17.3 Å².